The van der Waals surface area contributed by atoms with Gasteiger partial charge in [-0.2, -0.15) is 5.26 Å². The minimum Gasteiger partial charge on any atom is -0.322 e. The van der Waals surface area contributed by atoms with Gasteiger partial charge >= 0.3 is 0 Å². The third-order valence-electron chi connectivity index (χ3n) is 4.63. The van der Waals surface area contributed by atoms with Crippen molar-refractivity contribution in [3.05, 3.63) is 51.7 Å². The lowest BCUT2D eigenvalue weighted by atomic mass is 10.1. The molecule has 3 rings (SSSR count). The van der Waals surface area contributed by atoms with Crippen molar-refractivity contribution in [1.29, 1.82) is 5.26 Å². The Morgan fingerprint density at radius 3 is 2.72 bits per heavy atom. The number of nitrogens with zero attached hydrogens (tertiary/aromatic N) is 3. The summed E-state index contributed by atoms with van der Waals surface area (Å²) in [4.78, 5) is 17.2. The Hall–Kier alpha value is -2.63. The highest BCUT2D eigenvalue weighted by Crippen LogP contribution is 2.29. The van der Waals surface area contributed by atoms with Crippen LogP contribution in [-0.2, 0) is 16.4 Å². The number of hydrogen-bond donors (Lipinski definition) is 1. The van der Waals surface area contributed by atoms with Crippen LogP contribution < -0.4 is 9.62 Å². The molecule has 0 saturated carbocycles. The van der Waals surface area contributed by atoms with Crippen molar-refractivity contribution in [2.75, 3.05) is 21.9 Å². The van der Waals surface area contributed by atoms with Crippen LogP contribution in [0.25, 0.3) is 0 Å². The van der Waals surface area contributed by atoms with Crippen LogP contribution in [0.1, 0.15) is 46.9 Å². The molecule has 0 atom stereocenters. The number of aromatic nitrogens is 1. The van der Waals surface area contributed by atoms with Crippen molar-refractivity contribution in [2.45, 2.75) is 33.1 Å². The molecule has 1 aliphatic heterocycles. The summed E-state index contributed by atoms with van der Waals surface area (Å²) in [7, 11) is -3.43. The van der Waals surface area contributed by atoms with Gasteiger partial charge in [-0.15, -0.1) is 0 Å². The summed E-state index contributed by atoms with van der Waals surface area (Å²) >= 11 is 6.30. The summed E-state index contributed by atoms with van der Waals surface area (Å²) in [6, 6.07) is 8.69. The Bertz CT molecular complexity index is 1110. The number of amides is 1. The summed E-state index contributed by atoms with van der Waals surface area (Å²) in [5.74, 6) is -0.248. The Kier molecular flexibility index (Phi) is 6.10. The summed E-state index contributed by atoms with van der Waals surface area (Å²) in [6.45, 7) is 3.98. The highest BCUT2D eigenvalue weighted by molar-refractivity contribution is 7.93. The number of sulfonamides is 1. The van der Waals surface area contributed by atoms with Crippen LogP contribution >= 0.6 is 11.6 Å². The quantitative estimate of drug-likeness (QED) is 0.776. The van der Waals surface area contributed by atoms with Gasteiger partial charge in [0.05, 0.1) is 33.7 Å². The Balaban J connectivity index is 1.96. The molecule has 1 fully saturated rings. The van der Waals surface area contributed by atoms with E-state index in [2.05, 4.69) is 16.4 Å². The van der Waals surface area contributed by atoms with Gasteiger partial charge in [-0.3, -0.25) is 9.10 Å². The van der Waals surface area contributed by atoms with E-state index in [1.807, 2.05) is 13.0 Å². The van der Waals surface area contributed by atoms with E-state index in [1.54, 1.807) is 19.1 Å². The second-order valence-electron chi connectivity index (χ2n) is 6.90. The van der Waals surface area contributed by atoms with Crippen molar-refractivity contribution < 1.29 is 13.2 Å². The molecule has 0 unspecified atom stereocenters. The first-order valence-corrected chi connectivity index (χ1v) is 11.3. The highest BCUT2D eigenvalue weighted by Gasteiger charge is 2.31. The fraction of sp³-hybridized carbons (Fsp3) is 0.350. The molecule has 2 aromatic rings. The van der Waals surface area contributed by atoms with Crippen LogP contribution in [0, 0.1) is 18.3 Å². The Labute approximate surface area is 175 Å². The van der Waals surface area contributed by atoms with Gasteiger partial charge in [0.1, 0.15) is 5.82 Å². The molecule has 1 saturated heterocycles. The number of halogens is 1. The van der Waals surface area contributed by atoms with Gasteiger partial charge in [0.15, 0.2) is 0 Å². The van der Waals surface area contributed by atoms with E-state index in [0.717, 1.165) is 18.4 Å². The second-order valence-corrected chi connectivity index (χ2v) is 9.29. The molecule has 2 heterocycles. The maximum absolute atomic E-state index is 12.9. The first-order valence-electron chi connectivity index (χ1n) is 9.28. The van der Waals surface area contributed by atoms with Gasteiger partial charge in [0, 0.05) is 12.2 Å². The van der Waals surface area contributed by atoms with E-state index in [4.69, 9.17) is 11.6 Å². The van der Waals surface area contributed by atoms with Gasteiger partial charge in [-0.1, -0.05) is 24.9 Å². The minimum absolute atomic E-state index is 0.0546. The number of pyridine rings is 1. The molecular weight excluding hydrogens is 412 g/mol. The van der Waals surface area contributed by atoms with Crippen LogP contribution in [0.4, 0.5) is 11.5 Å². The third kappa shape index (κ3) is 4.52. The molecule has 1 aromatic heterocycles. The molecule has 0 aliphatic carbocycles. The molecular formula is C20H21ClN4O3S. The number of benzene rings is 1. The molecule has 0 bridgehead atoms. The van der Waals surface area contributed by atoms with E-state index in [0.29, 0.717) is 29.9 Å². The van der Waals surface area contributed by atoms with Crippen molar-refractivity contribution in [2.24, 2.45) is 0 Å². The van der Waals surface area contributed by atoms with Gasteiger partial charge in [-0.05, 0) is 49.6 Å². The van der Waals surface area contributed by atoms with Crippen molar-refractivity contribution in [3.8, 4) is 6.07 Å². The monoisotopic (exact) mass is 432 g/mol. The maximum atomic E-state index is 12.9. The van der Waals surface area contributed by atoms with Crippen LogP contribution in [0.15, 0.2) is 24.3 Å². The highest BCUT2D eigenvalue weighted by atomic mass is 35.5. The Morgan fingerprint density at radius 2 is 2.10 bits per heavy atom. The zero-order valence-electron chi connectivity index (χ0n) is 16.2. The summed E-state index contributed by atoms with van der Waals surface area (Å²) in [6.07, 6.45) is 2.20. The third-order valence-corrected chi connectivity index (χ3v) is 6.95. The van der Waals surface area contributed by atoms with E-state index < -0.39 is 15.9 Å². The van der Waals surface area contributed by atoms with E-state index in [1.165, 1.54) is 10.4 Å². The fourth-order valence-corrected chi connectivity index (χ4v) is 4.97. The number of anilines is 2. The van der Waals surface area contributed by atoms with Gasteiger partial charge in [-0.25, -0.2) is 13.4 Å². The molecule has 0 radical (unpaired) electrons. The van der Waals surface area contributed by atoms with Crippen LogP contribution in [0.2, 0.25) is 5.02 Å². The first-order chi connectivity index (χ1) is 13.7. The summed E-state index contributed by atoms with van der Waals surface area (Å²) in [5.41, 5.74) is 2.39. The topological polar surface area (TPSA) is 103 Å². The molecule has 1 N–H and O–H groups in total. The van der Waals surface area contributed by atoms with Crippen LogP contribution in [0.3, 0.4) is 0 Å². The first kappa shape index (κ1) is 21.1. The molecule has 152 valence electrons. The lowest BCUT2D eigenvalue weighted by Crippen LogP contribution is -2.27. The molecule has 9 heteroatoms. The number of carbonyl (C=O) groups is 1. The predicted octanol–water partition coefficient (Wildman–Crippen LogP) is 3.66. The molecule has 1 aliphatic rings. The minimum atomic E-state index is -3.43. The molecule has 0 spiro atoms. The molecule has 1 aromatic carbocycles. The van der Waals surface area contributed by atoms with Crippen LogP contribution in [-0.4, -0.2) is 31.6 Å². The smallest absolute Gasteiger partial charge is 0.257 e. The summed E-state index contributed by atoms with van der Waals surface area (Å²) < 4.78 is 25.7. The summed E-state index contributed by atoms with van der Waals surface area (Å²) in [5, 5.41) is 12.2. The van der Waals surface area contributed by atoms with Crippen molar-refractivity contribution >= 4 is 39.0 Å². The normalized spacial score (nSPS) is 15.2. The standard InChI is InChI=1S/C20H21ClN4O3S/c1-3-5-14-8-15(12-22)10-16(9-14)24-20(26)17-11-18(23-13(2)19(17)21)25-6-4-7-29(25,27)28/h8-11H,3-7H2,1-2H3,(H,24,26). The largest absolute Gasteiger partial charge is 0.322 e. The van der Waals surface area contributed by atoms with Crippen LogP contribution in [0.5, 0.6) is 0 Å². The Morgan fingerprint density at radius 1 is 1.34 bits per heavy atom. The molecule has 7 nitrogen and oxygen atoms in total. The number of nitrogens with one attached hydrogen (secondary N) is 1. The van der Waals surface area contributed by atoms with Gasteiger partial charge < -0.3 is 5.32 Å². The fourth-order valence-electron chi connectivity index (χ4n) is 3.29. The maximum Gasteiger partial charge on any atom is 0.257 e. The number of aryl methyl sites for hydroxylation is 2. The SMILES string of the molecule is CCCc1cc(C#N)cc(NC(=O)c2cc(N3CCCS3(=O)=O)nc(C)c2Cl)c1. The van der Waals surface area contributed by atoms with Gasteiger partial charge in [0.25, 0.3) is 5.91 Å². The lowest BCUT2D eigenvalue weighted by molar-refractivity contribution is 0.102. The van der Waals surface area contributed by atoms with E-state index in [-0.39, 0.29) is 22.2 Å². The number of carbonyl (C=O) groups excluding carboxylic acids is 1. The zero-order chi connectivity index (χ0) is 21.2. The lowest BCUT2D eigenvalue weighted by Gasteiger charge is -2.18. The van der Waals surface area contributed by atoms with Crippen molar-refractivity contribution in [3.63, 3.8) is 0 Å². The van der Waals surface area contributed by atoms with Crippen molar-refractivity contribution in [1.82, 2.24) is 4.98 Å². The second kappa shape index (κ2) is 8.39. The van der Waals surface area contributed by atoms with E-state index >= 15 is 0 Å². The molecule has 1 amide bonds. The average Bonchev–Trinajstić information content (AvgIpc) is 3.02. The van der Waals surface area contributed by atoms with Gasteiger partial charge in [0.2, 0.25) is 10.0 Å². The average molecular weight is 433 g/mol. The number of rotatable bonds is 5. The zero-order valence-corrected chi connectivity index (χ0v) is 17.8. The predicted molar refractivity (Wildman–Crippen MR) is 113 cm³/mol. The number of hydrogen-bond acceptors (Lipinski definition) is 5. The number of nitriles is 1. The van der Waals surface area contributed by atoms with E-state index in [9.17, 15) is 18.5 Å². The molecule has 29 heavy (non-hydrogen) atoms.